The zero-order valence-corrected chi connectivity index (χ0v) is 19.9. The minimum absolute atomic E-state index is 0. The lowest BCUT2D eigenvalue weighted by Gasteiger charge is -2.33. The number of likely N-dealkylation sites (tertiary alicyclic amines) is 1. The first-order chi connectivity index (χ1) is 15.5. The van der Waals surface area contributed by atoms with E-state index in [-0.39, 0.29) is 29.7 Å². The van der Waals surface area contributed by atoms with Crippen molar-refractivity contribution in [3.8, 4) is 5.82 Å². The Hall–Kier alpha value is -2.73. The molecule has 3 aromatic rings. The van der Waals surface area contributed by atoms with E-state index in [0.29, 0.717) is 33.9 Å². The van der Waals surface area contributed by atoms with Crippen molar-refractivity contribution in [2.75, 3.05) is 12.3 Å². The average Bonchev–Trinajstić information content (AvgIpc) is 3.37. The molecule has 2 aromatic heterocycles. The Morgan fingerprint density at radius 1 is 1.33 bits per heavy atom. The molecule has 11 nitrogen and oxygen atoms in total. The first-order valence-corrected chi connectivity index (χ1v) is 10.8. The van der Waals surface area contributed by atoms with Gasteiger partial charge < -0.3 is 5.73 Å². The number of carbonyl (C=O) groups excluding carboxylic acids is 1. The number of amides is 1. The van der Waals surface area contributed by atoms with Gasteiger partial charge in [-0.1, -0.05) is 40.9 Å². The summed E-state index contributed by atoms with van der Waals surface area (Å²) in [7, 11) is 0. The molecule has 176 valence electrons. The van der Waals surface area contributed by atoms with Gasteiger partial charge in [-0.25, -0.2) is 10.1 Å². The zero-order valence-electron chi connectivity index (χ0n) is 17.6. The van der Waals surface area contributed by atoms with Gasteiger partial charge in [0.15, 0.2) is 5.69 Å². The van der Waals surface area contributed by atoms with Gasteiger partial charge in [-0.2, -0.15) is 9.78 Å². The number of hydrogen-bond acceptors (Lipinski definition) is 9. The van der Waals surface area contributed by atoms with Crippen LogP contribution in [0.25, 0.3) is 5.82 Å². The van der Waals surface area contributed by atoms with Crippen molar-refractivity contribution in [1.82, 2.24) is 35.6 Å². The number of hydrazone groups is 1. The molecule has 1 amide bonds. The lowest BCUT2D eigenvalue weighted by molar-refractivity contribution is 0.0945. The third-order valence-corrected chi connectivity index (χ3v) is 5.99. The van der Waals surface area contributed by atoms with Crippen LogP contribution in [0, 0.1) is 0 Å². The Morgan fingerprint density at radius 3 is 2.76 bits per heavy atom. The topological polar surface area (TPSA) is 140 Å². The highest BCUT2D eigenvalue weighted by Gasteiger charge is 2.28. The number of nitrogen functional groups attached to an aromatic ring is 1. The first kappa shape index (κ1) is 24.9. The third-order valence-electron chi connectivity index (χ3n) is 5.33. The Morgan fingerprint density at radius 2 is 2.09 bits per heavy atom. The summed E-state index contributed by atoms with van der Waals surface area (Å²) >= 11 is 12.3. The first-order valence-electron chi connectivity index (χ1n) is 10.00. The van der Waals surface area contributed by atoms with E-state index in [9.17, 15) is 4.79 Å². The lowest BCUT2D eigenvalue weighted by atomic mass is 10.0. The SMILES string of the molecule is CC1CCCCN1Cc1c(C(=O)N/N=C\c2c(Cl)cccc2Cl)nnn1-c1nonc1N.Cl. The highest BCUT2D eigenvalue weighted by molar-refractivity contribution is 6.38. The summed E-state index contributed by atoms with van der Waals surface area (Å²) in [5, 5.41) is 20.3. The van der Waals surface area contributed by atoms with Gasteiger partial charge in [0.25, 0.3) is 5.91 Å². The molecule has 1 unspecified atom stereocenters. The normalized spacial score (nSPS) is 16.6. The van der Waals surface area contributed by atoms with Gasteiger partial charge in [-0.3, -0.25) is 9.69 Å². The van der Waals surface area contributed by atoms with Crippen LogP contribution in [0.4, 0.5) is 5.82 Å². The number of aromatic nitrogens is 5. The Kier molecular flexibility index (Phi) is 8.25. The maximum atomic E-state index is 12.9. The van der Waals surface area contributed by atoms with E-state index in [4.69, 9.17) is 33.6 Å². The van der Waals surface area contributed by atoms with Crippen molar-refractivity contribution in [2.24, 2.45) is 5.10 Å². The molecule has 33 heavy (non-hydrogen) atoms. The van der Waals surface area contributed by atoms with Crippen LogP contribution in [0.2, 0.25) is 10.0 Å². The summed E-state index contributed by atoms with van der Waals surface area (Å²) < 4.78 is 6.07. The van der Waals surface area contributed by atoms with E-state index in [2.05, 4.69) is 43.0 Å². The van der Waals surface area contributed by atoms with Gasteiger partial charge >= 0.3 is 0 Å². The van der Waals surface area contributed by atoms with E-state index in [1.165, 1.54) is 17.3 Å². The van der Waals surface area contributed by atoms with E-state index in [1.54, 1.807) is 18.2 Å². The molecular formula is C19H22Cl3N9O2. The summed E-state index contributed by atoms with van der Waals surface area (Å²) in [6, 6.07) is 5.42. The maximum absolute atomic E-state index is 12.9. The van der Waals surface area contributed by atoms with Crippen molar-refractivity contribution in [2.45, 2.75) is 38.8 Å². The Labute approximate surface area is 205 Å². The second-order valence-electron chi connectivity index (χ2n) is 7.42. The molecule has 14 heteroatoms. The van der Waals surface area contributed by atoms with Crippen LogP contribution >= 0.6 is 35.6 Å². The molecule has 3 N–H and O–H groups in total. The van der Waals surface area contributed by atoms with E-state index in [1.807, 2.05) is 0 Å². The van der Waals surface area contributed by atoms with Crippen LogP contribution in [-0.4, -0.2) is 54.9 Å². The molecule has 0 bridgehead atoms. The fraction of sp³-hybridized carbons (Fsp3) is 0.368. The van der Waals surface area contributed by atoms with Crippen LogP contribution in [0.3, 0.4) is 0 Å². The minimum Gasteiger partial charge on any atom is -0.378 e. The highest BCUT2D eigenvalue weighted by atomic mass is 35.5. The predicted molar refractivity (Wildman–Crippen MR) is 126 cm³/mol. The number of benzene rings is 1. The Balaban J connectivity index is 0.00000306. The quantitative estimate of drug-likeness (QED) is 0.378. The van der Waals surface area contributed by atoms with Crippen molar-refractivity contribution in [3.63, 3.8) is 0 Å². The molecule has 1 aliphatic heterocycles. The molecule has 0 saturated carbocycles. The molecule has 1 aromatic carbocycles. The van der Waals surface area contributed by atoms with Crippen LogP contribution in [-0.2, 0) is 6.54 Å². The number of hydrogen-bond donors (Lipinski definition) is 2. The lowest BCUT2D eigenvalue weighted by Crippen LogP contribution is -2.38. The van der Waals surface area contributed by atoms with Crippen molar-refractivity contribution < 1.29 is 9.42 Å². The third kappa shape index (κ3) is 5.44. The smallest absolute Gasteiger partial charge is 0.293 e. The van der Waals surface area contributed by atoms with Gasteiger partial charge in [-0.15, -0.1) is 17.5 Å². The van der Waals surface area contributed by atoms with Crippen LogP contribution in [0.5, 0.6) is 0 Å². The van der Waals surface area contributed by atoms with Gasteiger partial charge in [0.1, 0.15) is 0 Å². The number of piperidine rings is 1. The van der Waals surface area contributed by atoms with E-state index >= 15 is 0 Å². The molecule has 1 saturated heterocycles. The fourth-order valence-electron chi connectivity index (χ4n) is 3.56. The summed E-state index contributed by atoms with van der Waals surface area (Å²) in [5.74, 6) is -0.339. The fourth-order valence-corrected chi connectivity index (χ4v) is 4.05. The molecule has 4 rings (SSSR count). The number of nitrogens with two attached hydrogens (primary N) is 1. The van der Waals surface area contributed by atoms with Crippen molar-refractivity contribution in [1.29, 1.82) is 0 Å². The van der Waals surface area contributed by atoms with Crippen LogP contribution in [0.1, 0.15) is 47.9 Å². The number of carbonyl (C=O) groups is 1. The van der Waals surface area contributed by atoms with E-state index in [0.717, 1.165) is 19.4 Å². The number of rotatable bonds is 6. The molecule has 1 fully saturated rings. The average molecular weight is 515 g/mol. The maximum Gasteiger partial charge on any atom is 0.293 e. The Bertz CT molecular complexity index is 1130. The monoisotopic (exact) mass is 513 g/mol. The van der Waals surface area contributed by atoms with E-state index < -0.39 is 5.91 Å². The van der Waals surface area contributed by atoms with Gasteiger partial charge in [0.05, 0.1) is 22.0 Å². The van der Waals surface area contributed by atoms with Crippen LogP contribution < -0.4 is 11.2 Å². The summed E-state index contributed by atoms with van der Waals surface area (Å²) in [6.07, 6.45) is 4.69. The number of nitrogens with one attached hydrogen (secondary N) is 1. The minimum atomic E-state index is -0.551. The largest absolute Gasteiger partial charge is 0.378 e. The predicted octanol–water partition coefficient (Wildman–Crippen LogP) is 3.10. The molecule has 0 spiro atoms. The number of nitrogens with zero attached hydrogens (tertiary/aromatic N) is 7. The standard InChI is InChI=1S/C19H21Cl2N9O2.ClH/c1-11-5-2-3-8-29(11)10-15-16(24-28-30(15)18-17(22)26-32-27-18)19(31)25-23-9-12-13(20)6-4-7-14(12)21;/h4,6-7,9,11H,2-3,5,8,10H2,1H3,(H2,22,26)(H,25,31);1H/b23-9-;. The van der Waals surface area contributed by atoms with Gasteiger partial charge in [0, 0.05) is 18.2 Å². The second-order valence-corrected chi connectivity index (χ2v) is 8.23. The summed E-state index contributed by atoms with van der Waals surface area (Å²) in [6.45, 7) is 3.46. The highest BCUT2D eigenvalue weighted by Crippen LogP contribution is 2.24. The van der Waals surface area contributed by atoms with Crippen LogP contribution in [0.15, 0.2) is 27.9 Å². The molecule has 3 heterocycles. The zero-order chi connectivity index (χ0) is 22.7. The summed E-state index contributed by atoms with van der Waals surface area (Å²) in [4.78, 5) is 15.2. The molecular weight excluding hydrogens is 493 g/mol. The van der Waals surface area contributed by atoms with Gasteiger partial charge in [-0.05, 0) is 48.8 Å². The van der Waals surface area contributed by atoms with Crippen molar-refractivity contribution >= 4 is 53.5 Å². The van der Waals surface area contributed by atoms with Gasteiger partial charge in [0.2, 0.25) is 11.6 Å². The molecule has 1 atom stereocenters. The molecule has 0 aliphatic carbocycles. The molecule has 1 aliphatic rings. The second kappa shape index (κ2) is 10.9. The van der Waals surface area contributed by atoms with Crippen molar-refractivity contribution in [3.05, 3.63) is 45.2 Å². The molecule has 0 radical (unpaired) electrons. The number of halogens is 3. The summed E-state index contributed by atoms with van der Waals surface area (Å²) in [5.41, 5.74) is 9.38. The number of anilines is 1.